The van der Waals surface area contributed by atoms with Crippen molar-refractivity contribution in [3.05, 3.63) is 23.5 Å². The fraction of sp³-hybridized carbons (Fsp3) is 0.571. The van der Waals surface area contributed by atoms with E-state index in [0.717, 1.165) is 40.8 Å². The normalized spacial score (nSPS) is 23.7. The molecule has 1 unspecified atom stereocenters. The van der Waals surface area contributed by atoms with E-state index in [2.05, 4.69) is 30.2 Å². The van der Waals surface area contributed by atoms with Crippen molar-refractivity contribution >= 4 is 22.6 Å². The lowest BCUT2D eigenvalue weighted by Gasteiger charge is -2.29. The standard InChI is InChI=1S/C14H21N3S/c1-5-14(4)8-9-18-13(17-14)16-12-7-6-10(2)15-11(12)3/h6-7H,5,8-9H2,1-4H3,(H,16,17). The minimum atomic E-state index is 0.0968. The summed E-state index contributed by atoms with van der Waals surface area (Å²) in [6.45, 7) is 8.48. The van der Waals surface area contributed by atoms with Gasteiger partial charge in [0.2, 0.25) is 0 Å². The molecule has 98 valence electrons. The van der Waals surface area contributed by atoms with E-state index in [1.807, 2.05) is 19.9 Å². The van der Waals surface area contributed by atoms with Crippen LogP contribution < -0.4 is 5.32 Å². The predicted molar refractivity (Wildman–Crippen MR) is 80.5 cm³/mol. The van der Waals surface area contributed by atoms with Crippen LogP contribution in [0.5, 0.6) is 0 Å². The largest absolute Gasteiger partial charge is 0.333 e. The van der Waals surface area contributed by atoms with E-state index in [-0.39, 0.29) is 5.54 Å². The second-order valence-electron chi connectivity index (χ2n) is 5.08. The van der Waals surface area contributed by atoms with Gasteiger partial charge in [0.15, 0.2) is 5.17 Å². The van der Waals surface area contributed by atoms with Crippen molar-refractivity contribution < 1.29 is 0 Å². The highest BCUT2D eigenvalue weighted by atomic mass is 32.2. The van der Waals surface area contributed by atoms with E-state index >= 15 is 0 Å². The maximum absolute atomic E-state index is 4.83. The highest BCUT2D eigenvalue weighted by molar-refractivity contribution is 8.14. The number of rotatable bonds is 2. The molecule has 3 nitrogen and oxygen atoms in total. The van der Waals surface area contributed by atoms with Crippen LogP contribution in [0.3, 0.4) is 0 Å². The van der Waals surface area contributed by atoms with Gasteiger partial charge in [-0.05, 0) is 45.7 Å². The summed E-state index contributed by atoms with van der Waals surface area (Å²) in [6.07, 6.45) is 2.24. The van der Waals surface area contributed by atoms with Crippen molar-refractivity contribution in [1.82, 2.24) is 4.98 Å². The molecule has 0 saturated carbocycles. The average Bonchev–Trinajstić information content (AvgIpc) is 2.33. The molecule has 18 heavy (non-hydrogen) atoms. The van der Waals surface area contributed by atoms with Crippen molar-refractivity contribution in [2.45, 2.75) is 46.1 Å². The SMILES string of the molecule is CCC1(C)CCSC(Nc2ccc(C)nc2C)=N1. The minimum absolute atomic E-state index is 0.0968. The van der Waals surface area contributed by atoms with Crippen LogP contribution in [0.1, 0.15) is 38.1 Å². The van der Waals surface area contributed by atoms with Gasteiger partial charge in [-0.1, -0.05) is 18.7 Å². The van der Waals surface area contributed by atoms with E-state index in [1.165, 1.54) is 0 Å². The minimum Gasteiger partial charge on any atom is -0.333 e. The van der Waals surface area contributed by atoms with Gasteiger partial charge in [-0.15, -0.1) is 0 Å². The number of nitrogens with zero attached hydrogens (tertiary/aromatic N) is 2. The molecule has 0 bridgehead atoms. The van der Waals surface area contributed by atoms with Gasteiger partial charge in [0.1, 0.15) is 0 Å². The van der Waals surface area contributed by atoms with Crippen molar-refractivity contribution in [1.29, 1.82) is 0 Å². The zero-order chi connectivity index (χ0) is 13.2. The van der Waals surface area contributed by atoms with Crippen molar-refractivity contribution in [2.24, 2.45) is 4.99 Å². The van der Waals surface area contributed by atoms with Crippen LogP contribution in [-0.2, 0) is 0 Å². The molecule has 0 aromatic carbocycles. The Morgan fingerprint density at radius 1 is 1.39 bits per heavy atom. The zero-order valence-corrected chi connectivity index (χ0v) is 12.4. The predicted octanol–water partition coefficient (Wildman–Crippen LogP) is 3.77. The van der Waals surface area contributed by atoms with Gasteiger partial charge in [0.25, 0.3) is 0 Å². The van der Waals surface area contributed by atoms with Gasteiger partial charge in [0.05, 0.1) is 16.9 Å². The van der Waals surface area contributed by atoms with Crippen LogP contribution in [0.4, 0.5) is 5.69 Å². The number of nitrogens with one attached hydrogen (secondary N) is 1. The van der Waals surface area contributed by atoms with Gasteiger partial charge >= 0.3 is 0 Å². The Labute approximate surface area is 113 Å². The van der Waals surface area contributed by atoms with E-state index in [1.54, 1.807) is 11.8 Å². The molecule has 0 radical (unpaired) electrons. The fourth-order valence-electron chi connectivity index (χ4n) is 1.95. The summed E-state index contributed by atoms with van der Waals surface area (Å²) in [5.74, 6) is 1.13. The summed E-state index contributed by atoms with van der Waals surface area (Å²) >= 11 is 1.80. The number of amidine groups is 1. The number of pyridine rings is 1. The Bertz CT molecular complexity index is 470. The van der Waals surface area contributed by atoms with Crippen LogP contribution in [0, 0.1) is 13.8 Å². The molecule has 1 aliphatic rings. The average molecular weight is 263 g/mol. The monoisotopic (exact) mass is 263 g/mol. The third-order valence-corrected chi connectivity index (χ3v) is 4.35. The summed E-state index contributed by atoms with van der Waals surface area (Å²) in [6, 6.07) is 4.11. The number of hydrogen-bond donors (Lipinski definition) is 1. The molecule has 0 saturated heterocycles. The van der Waals surface area contributed by atoms with Gasteiger partial charge < -0.3 is 5.32 Å². The smallest absolute Gasteiger partial charge is 0.161 e. The Kier molecular flexibility index (Phi) is 3.95. The summed E-state index contributed by atoms with van der Waals surface area (Å²) in [5.41, 5.74) is 3.24. The van der Waals surface area contributed by atoms with E-state index in [0.29, 0.717) is 0 Å². The lowest BCUT2D eigenvalue weighted by atomic mass is 9.97. The summed E-state index contributed by atoms with van der Waals surface area (Å²) in [7, 11) is 0. The fourth-order valence-corrected chi connectivity index (χ4v) is 3.16. The molecule has 0 aliphatic carbocycles. The van der Waals surface area contributed by atoms with Gasteiger partial charge in [-0.25, -0.2) is 0 Å². The first-order chi connectivity index (χ1) is 8.52. The molecule has 2 heterocycles. The molecule has 2 rings (SSSR count). The first-order valence-corrected chi connectivity index (χ1v) is 7.45. The number of aliphatic imine (C=N–C) groups is 1. The van der Waals surface area contributed by atoms with Crippen molar-refractivity contribution in [2.75, 3.05) is 11.1 Å². The Morgan fingerprint density at radius 2 is 2.17 bits per heavy atom. The molecular formula is C14H21N3S. The number of anilines is 1. The maximum atomic E-state index is 4.83. The van der Waals surface area contributed by atoms with Gasteiger partial charge in [-0.3, -0.25) is 9.98 Å². The molecule has 1 N–H and O–H groups in total. The molecule has 1 atom stereocenters. The van der Waals surface area contributed by atoms with Crippen LogP contribution in [0.15, 0.2) is 17.1 Å². The molecule has 0 amide bonds. The van der Waals surface area contributed by atoms with Crippen LogP contribution in [0.25, 0.3) is 0 Å². The summed E-state index contributed by atoms with van der Waals surface area (Å²) in [4.78, 5) is 9.30. The van der Waals surface area contributed by atoms with Crippen LogP contribution >= 0.6 is 11.8 Å². The first-order valence-electron chi connectivity index (χ1n) is 6.46. The molecular weight excluding hydrogens is 242 g/mol. The van der Waals surface area contributed by atoms with E-state index in [9.17, 15) is 0 Å². The van der Waals surface area contributed by atoms with Crippen molar-refractivity contribution in [3.63, 3.8) is 0 Å². The molecule has 0 spiro atoms. The summed E-state index contributed by atoms with van der Waals surface area (Å²) in [5, 5.41) is 4.44. The van der Waals surface area contributed by atoms with Crippen LogP contribution in [0.2, 0.25) is 0 Å². The second-order valence-corrected chi connectivity index (χ2v) is 6.16. The van der Waals surface area contributed by atoms with E-state index < -0.39 is 0 Å². The lowest BCUT2D eigenvalue weighted by molar-refractivity contribution is 0.443. The maximum Gasteiger partial charge on any atom is 0.161 e. The lowest BCUT2D eigenvalue weighted by Crippen LogP contribution is -2.29. The highest BCUT2D eigenvalue weighted by Crippen LogP contribution is 2.30. The number of aromatic nitrogens is 1. The molecule has 1 aromatic rings. The topological polar surface area (TPSA) is 37.3 Å². The Hall–Kier alpha value is -1.03. The van der Waals surface area contributed by atoms with Gasteiger partial charge in [0, 0.05) is 11.4 Å². The zero-order valence-electron chi connectivity index (χ0n) is 11.6. The number of aryl methyl sites for hydroxylation is 2. The first kappa shape index (κ1) is 13.4. The Morgan fingerprint density at radius 3 is 2.83 bits per heavy atom. The third-order valence-electron chi connectivity index (χ3n) is 3.48. The van der Waals surface area contributed by atoms with Crippen LogP contribution in [-0.4, -0.2) is 21.4 Å². The second kappa shape index (κ2) is 5.31. The van der Waals surface area contributed by atoms with Gasteiger partial charge in [-0.2, -0.15) is 0 Å². The quantitative estimate of drug-likeness (QED) is 0.882. The Balaban J connectivity index is 2.18. The van der Waals surface area contributed by atoms with Crippen molar-refractivity contribution in [3.8, 4) is 0 Å². The van der Waals surface area contributed by atoms with E-state index in [4.69, 9.17) is 4.99 Å². The summed E-state index contributed by atoms with van der Waals surface area (Å²) < 4.78 is 0. The molecule has 1 aliphatic heterocycles. The number of hydrogen-bond acceptors (Lipinski definition) is 4. The highest BCUT2D eigenvalue weighted by Gasteiger charge is 2.26. The molecule has 0 fully saturated rings. The number of thioether (sulfide) groups is 1. The molecule has 1 aromatic heterocycles. The molecule has 4 heteroatoms. The third kappa shape index (κ3) is 3.05.